The summed E-state index contributed by atoms with van der Waals surface area (Å²) >= 11 is 0. The molecule has 0 amide bonds. The molecule has 3 N–H and O–H groups in total. The fraction of sp³-hybridized carbons (Fsp3) is 0.946. The molecule has 19 heteroatoms. The summed E-state index contributed by atoms with van der Waals surface area (Å²) < 4.78 is 68.5. The lowest BCUT2D eigenvalue weighted by Crippen LogP contribution is -2.30. The van der Waals surface area contributed by atoms with Crippen LogP contribution < -0.4 is 0 Å². The predicted molar refractivity (Wildman–Crippen MR) is 377 cm³/mol. The van der Waals surface area contributed by atoms with Crippen molar-refractivity contribution in [1.82, 2.24) is 0 Å². The van der Waals surface area contributed by atoms with E-state index in [-0.39, 0.29) is 25.7 Å². The number of hydrogen-bond acceptors (Lipinski definition) is 15. The second-order valence-electron chi connectivity index (χ2n) is 28.4. The molecular weight excluding hydrogens is 1220 g/mol. The molecule has 0 spiro atoms. The van der Waals surface area contributed by atoms with Crippen LogP contribution in [0.4, 0.5) is 0 Å². The summed E-state index contributed by atoms with van der Waals surface area (Å²) in [6, 6.07) is 0. The largest absolute Gasteiger partial charge is 0.472 e. The van der Waals surface area contributed by atoms with Gasteiger partial charge in [0.1, 0.15) is 19.3 Å². The Morgan fingerprint density at radius 2 is 0.516 bits per heavy atom. The maximum absolute atomic E-state index is 13.1. The highest BCUT2D eigenvalue weighted by molar-refractivity contribution is 7.47. The molecule has 0 saturated carbocycles. The maximum Gasteiger partial charge on any atom is 0.472 e. The van der Waals surface area contributed by atoms with Gasteiger partial charge in [-0.2, -0.15) is 0 Å². The van der Waals surface area contributed by atoms with Crippen LogP contribution in [0.5, 0.6) is 0 Å². The van der Waals surface area contributed by atoms with Gasteiger partial charge in [-0.25, -0.2) is 9.13 Å². The van der Waals surface area contributed by atoms with E-state index in [2.05, 4.69) is 55.4 Å². The number of carbonyl (C=O) groups excluding carboxylic acids is 4. The molecule has 0 aliphatic heterocycles. The van der Waals surface area contributed by atoms with Gasteiger partial charge in [-0.15, -0.1) is 0 Å². The molecule has 93 heavy (non-hydrogen) atoms. The van der Waals surface area contributed by atoms with Gasteiger partial charge in [0, 0.05) is 25.7 Å². The van der Waals surface area contributed by atoms with Gasteiger partial charge in [0.25, 0.3) is 0 Å². The molecule has 17 nitrogen and oxygen atoms in total. The minimum Gasteiger partial charge on any atom is -0.462 e. The fourth-order valence-electron chi connectivity index (χ4n) is 11.2. The van der Waals surface area contributed by atoms with Gasteiger partial charge in [-0.3, -0.25) is 37.3 Å². The number of carbonyl (C=O) groups is 4. The van der Waals surface area contributed by atoms with Crippen LogP contribution in [-0.4, -0.2) is 96.7 Å². The number of unbranched alkanes of at least 4 members (excludes halogenated alkanes) is 36. The zero-order valence-corrected chi connectivity index (χ0v) is 62.7. The topological polar surface area (TPSA) is 237 Å². The van der Waals surface area contributed by atoms with E-state index in [9.17, 15) is 43.2 Å². The van der Waals surface area contributed by atoms with E-state index in [1.165, 1.54) is 167 Å². The first-order valence-electron chi connectivity index (χ1n) is 38.2. The Kier molecular flexibility index (Phi) is 62.2. The second-order valence-corrected chi connectivity index (χ2v) is 31.3. The normalized spacial score (nSPS) is 14.5. The fourth-order valence-corrected chi connectivity index (χ4v) is 12.7. The Hall–Kier alpha value is -1.94. The van der Waals surface area contributed by atoms with E-state index in [0.29, 0.717) is 31.6 Å². The minimum atomic E-state index is -4.96. The number of phosphoric ester groups is 2. The highest BCUT2D eigenvalue weighted by Gasteiger charge is 2.30. The van der Waals surface area contributed by atoms with Crippen molar-refractivity contribution in [3.63, 3.8) is 0 Å². The summed E-state index contributed by atoms with van der Waals surface area (Å²) in [7, 11) is -9.91. The molecule has 0 rings (SSSR count). The Morgan fingerprint density at radius 1 is 0.301 bits per heavy atom. The van der Waals surface area contributed by atoms with Crippen LogP contribution in [-0.2, 0) is 65.4 Å². The Morgan fingerprint density at radius 3 is 0.763 bits per heavy atom. The smallest absolute Gasteiger partial charge is 0.462 e. The van der Waals surface area contributed by atoms with Crippen molar-refractivity contribution in [3.05, 3.63) is 0 Å². The minimum absolute atomic E-state index is 0.105. The molecule has 0 fully saturated rings. The third-order valence-electron chi connectivity index (χ3n) is 17.4. The summed E-state index contributed by atoms with van der Waals surface area (Å²) in [5, 5.41) is 10.6. The van der Waals surface area contributed by atoms with Gasteiger partial charge in [-0.05, 0) is 49.4 Å². The average molecular weight is 1370 g/mol. The summed E-state index contributed by atoms with van der Waals surface area (Å²) in [6.45, 7) is 14.2. The Bertz CT molecular complexity index is 1840. The zero-order valence-electron chi connectivity index (χ0n) is 60.9. The monoisotopic (exact) mass is 1370 g/mol. The molecule has 4 unspecified atom stereocenters. The van der Waals surface area contributed by atoms with E-state index in [0.717, 1.165) is 114 Å². The standard InChI is InChI=1S/C74H144O17P2/c1-9-67(8)53-45-37-29-21-17-18-24-32-41-49-57-74(79)91-70(61-85-72(77)55-47-39-33-25-28-36-44-52-66(6)7)63-89-93(82,83)87-59-68(75)58-86-92(80,81)88-62-69(60-84-71(76)54-46-38-30-22-16-12-14-20-27-35-43-51-65(4)5)90-73(78)56-48-40-31-23-15-11-10-13-19-26-34-42-50-64(2)3/h64-70,75H,9-63H2,1-8H3,(H,80,81)(H,82,83)/t67?,68?,69-,70-/m1/s1. The molecule has 0 bridgehead atoms. The lowest BCUT2D eigenvalue weighted by Gasteiger charge is -2.21. The molecular formula is C74H144O17P2. The number of hydrogen-bond donors (Lipinski definition) is 3. The first kappa shape index (κ1) is 91.1. The number of phosphoric acid groups is 2. The molecule has 0 aromatic heterocycles. The Labute approximate surface area is 568 Å². The quantitative estimate of drug-likeness (QED) is 0.0222. The van der Waals surface area contributed by atoms with Crippen molar-refractivity contribution in [2.45, 2.75) is 388 Å². The predicted octanol–water partition coefficient (Wildman–Crippen LogP) is 21.3. The molecule has 552 valence electrons. The molecule has 0 saturated heterocycles. The zero-order chi connectivity index (χ0) is 68.9. The highest BCUT2D eigenvalue weighted by atomic mass is 31.2. The average Bonchev–Trinajstić information content (AvgIpc) is 2.98. The lowest BCUT2D eigenvalue weighted by atomic mass is 9.99. The molecule has 6 atom stereocenters. The van der Waals surface area contributed by atoms with Crippen molar-refractivity contribution in [2.24, 2.45) is 23.7 Å². The number of aliphatic hydroxyl groups excluding tert-OH is 1. The SMILES string of the molecule is CCC(C)CCCCCCCCCCCCC(=O)O[C@H](COC(=O)CCCCCCCCCC(C)C)COP(=O)(O)OCC(O)COP(=O)(O)OC[C@@H](COC(=O)CCCCCCCCCCCCCC(C)C)OC(=O)CCCCCCCCCCCCCCC(C)C. The summed E-state index contributed by atoms with van der Waals surface area (Å²) in [5.41, 5.74) is 0. The van der Waals surface area contributed by atoms with Crippen molar-refractivity contribution in [2.75, 3.05) is 39.6 Å². The molecule has 0 aliphatic carbocycles. The van der Waals surface area contributed by atoms with E-state index in [1.807, 2.05) is 0 Å². The van der Waals surface area contributed by atoms with Crippen molar-refractivity contribution < 1.29 is 80.2 Å². The van der Waals surface area contributed by atoms with E-state index in [1.54, 1.807) is 0 Å². The van der Waals surface area contributed by atoms with Gasteiger partial charge < -0.3 is 33.8 Å². The van der Waals surface area contributed by atoms with Gasteiger partial charge in [0.05, 0.1) is 26.4 Å². The highest BCUT2D eigenvalue weighted by Crippen LogP contribution is 2.45. The lowest BCUT2D eigenvalue weighted by molar-refractivity contribution is -0.161. The summed E-state index contributed by atoms with van der Waals surface area (Å²) in [6.07, 6.45) is 47.1. The molecule has 0 heterocycles. The third kappa shape index (κ3) is 67.0. The van der Waals surface area contributed by atoms with E-state index >= 15 is 0 Å². The number of ether oxygens (including phenoxy) is 4. The number of esters is 4. The summed E-state index contributed by atoms with van der Waals surface area (Å²) in [5.74, 6) is 0.932. The van der Waals surface area contributed by atoms with E-state index in [4.69, 9.17) is 37.0 Å². The van der Waals surface area contributed by atoms with Crippen LogP contribution in [0.1, 0.15) is 370 Å². The van der Waals surface area contributed by atoms with Gasteiger partial charge in [-0.1, -0.05) is 319 Å². The van der Waals surface area contributed by atoms with Crippen molar-refractivity contribution in [1.29, 1.82) is 0 Å². The van der Waals surface area contributed by atoms with Gasteiger partial charge in [0.2, 0.25) is 0 Å². The first-order chi connectivity index (χ1) is 44.6. The van der Waals surface area contributed by atoms with Crippen LogP contribution in [0.2, 0.25) is 0 Å². The molecule has 0 aromatic carbocycles. The first-order valence-corrected chi connectivity index (χ1v) is 41.2. The van der Waals surface area contributed by atoms with Crippen molar-refractivity contribution >= 4 is 39.5 Å². The maximum atomic E-state index is 13.1. The molecule has 0 aliphatic rings. The molecule has 0 aromatic rings. The Balaban J connectivity index is 5.27. The third-order valence-corrected chi connectivity index (χ3v) is 19.3. The van der Waals surface area contributed by atoms with Crippen LogP contribution in [0.3, 0.4) is 0 Å². The van der Waals surface area contributed by atoms with Crippen LogP contribution in [0.15, 0.2) is 0 Å². The van der Waals surface area contributed by atoms with Crippen LogP contribution in [0.25, 0.3) is 0 Å². The number of rotatable bonds is 71. The molecule has 0 radical (unpaired) electrons. The van der Waals surface area contributed by atoms with Crippen molar-refractivity contribution in [3.8, 4) is 0 Å². The number of aliphatic hydroxyl groups is 1. The second kappa shape index (κ2) is 63.5. The van der Waals surface area contributed by atoms with Crippen LogP contribution in [0, 0.1) is 23.7 Å². The summed E-state index contributed by atoms with van der Waals surface area (Å²) in [4.78, 5) is 72.7. The van der Waals surface area contributed by atoms with Gasteiger partial charge >= 0.3 is 39.5 Å². The van der Waals surface area contributed by atoms with Crippen LogP contribution >= 0.6 is 15.6 Å². The van der Waals surface area contributed by atoms with Gasteiger partial charge in [0.15, 0.2) is 12.2 Å². The van der Waals surface area contributed by atoms with E-state index < -0.39 is 97.5 Å².